The van der Waals surface area contributed by atoms with Crippen molar-refractivity contribution < 1.29 is 10.8 Å². The SMILES string of the molecule is CC([NH3+])CSc1ccc(O)cc1. The number of phenols is 1. The third-order valence-corrected chi connectivity index (χ3v) is 2.71. The zero-order valence-electron chi connectivity index (χ0n) is 7.16. The third kappa shape index (κ3) is 3.15. The van der Waals surface area contributed by atoms with Crippen LogP contribution >= 0.6 is 11.8 Å². The van der Waals surface area contributed by atoms with E-state index in [9.17, 15) is 0 Å². The minimum atomic E-state index is 0.321. The van der Waals surface area contributed by atoms with Gasteiger partial charge in [-0.15, -0.1) is 11.8 Å². The zero-order chi connectivity index (χ0) is 8.97. The number of quaternary nitrogens is 1. The van der Waals surface area contributed by atoms with Crippen molar-refractivity contribution in [3.05, 3.63) is 24.3 Å². The highest BCUT2D eigenvalue weighted by atomic mass is 32.2. The molecule has 1 rings (SSSR count). The van der Waals surface area contributed by atoms with Crippen LogP contribution < -0.4 is 5.73 Å². The number of phenolic OH excluding ortho intramolecular Hbond substituents is 1. The van der Waals surface area contributed by atoms with Gasteiger partial charge in [0.1, 0.15) is 5.75 Å². The van der Waals surface area contributed by atoms with Crippen LogP contribution in [0.15, 0.2) is 29.2 Å². The Morgan fingerprint density at radius 2 is 2.00 bits per heavy atom. The summed E-state index contributed by atoms with van der Waals surface area (Å²) in [5.41, 5.74) is 3.90. The van der Waals surface area contributed by atoms with Crippen LogP contribution in [0, 0.1) is 0 Å². The molecule has 0 radical (unpaired) electrons. The second-order valence-electron chi connectivity index (χ2n) is 2.91. The minimum Gasteiger partial charge on any atom is -0.508 e. The molecule has 0 saturated carbocycles. The number of hydrogen-bond acceptors (Lipinski definition) is 2. The van der Waals surface area contributed by atoms with E-state index >= 15 is 0 Å². The maximum atomic E-state index is 9.01. The summed E-state index contributed by atoms with van der Waals surface area (Å²) in [6.07, 6.45) is 0. The molecule has 0 heterocycles. The number of hydrogen-bond donors (Lipinski definition) is 2. The van der Waals surface area contributed by atoms with E-state index in [1.165, 1.54) is 4.90 Å². The van der Waals surface area contributed by atoms with Gasteiger partial charge in [-0.2, -0.15) is 0 Å². The molecule has 1 unspecified atom stereocenters. The fourth-order valence-electron chi connectivity index (χ4n) is 0.781. The molecule has 4 N–H and O–H groups in total. The second kappa shape index (κ2) is 4.38. The van der Waals surface area contributed by atoms with Gasteiger partial charge < -0.3 is 10.8 Å². The van der Waals surface area contributed by atoms with E-state index in [0.29, 0.717) is 11.8 Å². The molecule has 0 aliphatic heterocycles. The number of thioether (sulfide) groups is 1. The highest BCUT2D eigenvalue weighted by molar-refractivity contribution is 7.99. The quantitative estimate of drug-likeness (QED) is 0.691. The maximum absolute atomic E-state index is 9.01. The van der Waals surface area contributed by atoms with E-state index in [0.717, 1.165) is 5.75 Å². The predicted octanol–water partition coefficient (Wildman–Crippen LogP) is 1.11. The van der Waals surface area contributed by atoms with Crippen molar-refractivity contribution in [2.45, 2.75) is 17.9 Å². The van der Waals surface area contributed by atoms with Gasteiger partial charge in [-0.1, -0.05) is 0 Å². The molecule has 2 nitrogen and oxygen atoms in total. The Balaban J connectivity index is 2.48. The molecule has 1 aromatic rings. The molecule has 0 aliphatic rings. The number of benzene rings is 1. The van der Waals surface area contributed by atoms with E-state index < -0.39 is 0 Å². The van der Waals surface area contributed by atoms with Gasteiger partial charge in [0, 0.05) is 10.6 Å². The first-order valence-electron chi connectivity index (χ1n) is 3.93. The summed E-state index contributed by atoms with van der Waals surface area (Å²) in [5.74, 6) is 1.34. The van der Waals surface area contributed by atoms with E-state index in [2.05, 4.69) is 12.7 Å². The average molecular weight is 184 g/mol. The molecule has 1 atom stereocenters. The lowest BCUT2D eigenvalue weighted by Gasteiger charge is -2.01. The maximum Gasteiger partial charge on any atom is 0.115 e. The zero-order valence-corrected chi connectivity index (χ0v) is 7.97. The highest BCUT2D eigenvalue weighted by Crippen LogP contribution is 2.20. The largest absolute Gasteiger partial charge is 0.508 e. The molecule has 0 spiro atoms. The first kappa shape index (κ1) is 9.42. The smallest absolute Gasteiger partial charge is 0.115 e. The fourth-order valence-corrected chi connectivity index (χ4v) is 1.59. The van der Waals surface area contributed by atoms with Crippen LogP contribution in [0.4, 0.5) is 0 Å². The summed E-state index contributed by atoms with van der Waals surface area (Å²) in [6.45, 7) is 2.09. The number of aromatic hydroxyl groups is 1. The Kier molecular flexibility index (Phi) is 3.44. The van der Waals surface area contributed by atoms with Crippen molar-refractivity contribution in [3.63, 3.8) is 0 Å². The van der Waals surface area contributed by atoms with Gasteiger partial charge in [0.2, 0.25) is 0 Å². The molecule has 66 valence electrons. The van der Waals surface area contributed by atoms with Crippen LogP contribution in [-0.4, -0.2) is 16.9 Å². The second-order valence-corrected chi connectivity index (χ2v) is 4.00. The van der Waals surface area contributed by atoms with Crippen molar-refractivity contribution >= 4 is 11.8 Å². The molecule has 3 heteroatoms. The van der Waals surface area contributed by atoms with Gasteiger partial charge in [-0.3, -0.25) is 0 Å². The third-order valence-electron chi connectivity index (χ3n) is 1.37. The van der Waals surface area contributed by atoms with Crippen molar-refractivity contribution in [1.29, 1.82) is 0 Å². The number of rotatable bonds is 3. The molecule has 0 aromatic heterocycles. The van der Waals surface area contributed by atoms with Crippen LogP contribution in [0.2, 0.25) is 0 Å². The predicted molar refractivity (Wildman–Crippen MR) is 51.2 cm³/mol. The monoisotopic (exact) mass is 184 g/mol. The first-order chi connectivity index (χ1) is 5.68. The summed E-state index contributed by atoms with van der Waals surface area (Å²) >= 11 is 1.76. The summed E-state index contributed by atoms with van der Waals surface area (Å²) in [5, 5.41) is 9.01. The van der Waals surface area contributed by atoms with E-state index in [1.54, 1.807) is 23.9 Å². The van der Waals surface area contributed by atoms with Gasteiger partial charge in [-0.05, 0) is 31.2 Å². The fraction of sp³-hybridized carbons (Fsp3) is 0.333. The Hall–Kier alpha value is -0.670. The van der Waals surface area contributed by atoms with Gasteiger partial charge in [-0.25, -0.2) is 0 Å². The van der Waals surface area contributed by atoms with Gasteiger partial charge >= 0.3 is 0 Å². The van der Waals surface area contributed by atoms with Crippen LogP contribution in [-0.2, 0) is 0 Å². The Labute approximate surface area is 76.8 Å². The van der Waals surface area contributed by atoms with Crippen molar-refractivity contribution in [3.8, 4) is 5.75 Å². The Morgan fingerprint density at radius 1 is 1.42 bits per heavy atom. The van der Waals surface area contributed by atoms with Crippen LogP contribution in [0.25, 0.3) is 0 Å². The molecule has 0 fully saturated rings. The highest BCUT2D eigenvalue weighted by Gasteiger charge is 1.99. The Morgan fingerprint density at radius 3 is 2.50 bits per heavy atom. The van der Waals surface area contributed by atoms with Crippen LogP contribution in [0.5, 0.6) is 5.75 Å². The molecular weight excluding hydrogens is 170 g/mol. The van der Waals surface area contributed by atoms with Crippen LogP contribution in [0.3, 0.4) is 0 Å². The molecule has 1 aromatic carbocycles. The van der Waals surface area contributed by atoms with Crippen molar-refractivity contribution in [2.75, 3.05) is 5.75 Å². The van der Waals surface area contributed by atoms with Crippen molar-refractivity contribution in [1.82, 2.24) is 0 Å². The Bertz CT molecular complexity index is 233. The minimum absolute atomic E-state index is 0.321. The van der Waals surface area contributed by atoms with Gasteiger partial charge in [0.15, 0.2) is 0 Å². The van der Waals surface area contributed by atoms with Crippen molar-refractivity contribution in [2.24, 2.45) is 0 Å². The normalized spacial score (nSPS) is 12.8. The average Bonchev–Trinajstić information content (AvgIpc) is 2.03. The molecular formula is C9H14NOS+. The molecule has 0 aliphatic carbocycles. The summed E-state index contributed by atoms with van der Waals surface area (Å²) < 4.78 is 0. The van der Waals surface area contributed by atoms with Gasteiger partial charge in [0.05, 0.1) is 6.04 Å². The van der Waals surface area contributed by atoms with E-state index in [-0.39, 0.29) is 0 Å². The topological polar surface area (TPSA) is 47.9 Å². The van der Waals surface area contributed by atoms with E-state index in [1.807, 2.05) is 12.1 Å². The molecule has 0 bridgehead atoms. The summed E-state index contributed by atoms with van der Waals surface area (Å²) in [6, 6.07) is 7.71. The lowest BCUT2D eigenvalue weighted by Crippen LogP contribution is -2.60. The molecule has 0 amide bonds. The molecule has 0 saturated heterocycles. The van der Waals surface area contributed by atoms with Gasteiger partial charge in [0.25, 0.3) is 0 Å². The lowest BCUT2D eigenvalue weighted by molar-refractivity contribution is -0.406. The summed E-state index contributed by atoms with van der Waals surface area (Å²) in [4.78, 5) is 1.18. The lowest BCUT2D eigenvalue weighted by atomic mass is 10.3. The standard InChI is InChI=1S/C9H13NOS/c1-7(10)6-12-9-4-2-8(11)3-5-9/h2-5,7,11H,6,10H2,1H3/p+1. The molecule has 12 heavy (non-hydrogen) atoms. The first-order valence-corrected chi connectivity index (χ1v) is 4.92. The van der Waals surface area contributed by atoms with Crippen LogP contribution in [0.1, 0.15) is 6.92 Å². The van der Waals surface area contributed by atoms with E-state index in [4.69, 9.17) is 5.11 Å². The summed E-state index contributed by atoms with van der Waals surface area (Å²) in [7, 11) is 0.